The monoisotopic (exact) mass is 327 g/mol. The highest BCUT2D eigenvalue weighted by molar-refractivity contribution is 7.18. The van der Waals surface area contributed by atoms with Gasteiger partial charge in [-0.15, -0.1) is 11.3 Å². The number of carbonyl (C=O) groups is 1. The van der Waals surface area contributed by atoms with E-state index < -0.39 is 0 Å². The highest BCUT2D eigenvalue weighted by Crippen LogP contribution is 2.22. The largest absolute Gasteiger partial charge is 0.482 e. The number of nitrogens with zero attached hydrogens (tertiary/aromatic N) is 2. The predicted octanol–water partition coefficient (Wildman–Crippen LogP) is 2.82. The fourth-order valence-electron chi connectivity index (χ4n) is 2.13. The van der Waals surface area contributed by atoms with Crippen LogP contribution in [0.3, 0.4) is 0 Å². The van der Waals surface area contributed by atoms with Gasteiger partial charge < -0.3 is 10.1 Å². The van der Waals surface area contributed by atoms with Crippen LogP contribution in [0.4, 0.5) is 0 Å². The van der Waals surface area contributed by atoms with Gasteiger partial charge in [0.05, 0.1) is 21.4 Å². The lowest BCUT2D eigenvalue weighted by atomic mass is 10.3. The van der Waals surface area contributed by atoms with E-state index in [4.69, 9.17) is 4.74 Å². The minimum absolute atomic E-state index is 0.00678. The molecule has 0 spiro atoms. The molecule has 23 heavy (non-hydrogen) atoms. The van der Waals surface area contributed by atoms with Crippen LogP contribution >= 0.6 is 11.3 Å². The fourth-order valence-corrected chi connectivity index (χ4v) is 3.14. The van der Waals surface area contributed by atoms with Gasteiger partial charge in [-0.05, 0) is 30.7 Å². The Hall–Kier alpha value is -2.47. The summed E-state index contributed by atoms with van der Waals surface area (Å²) >= 11 is 1.71. The smallest absolute Gasteiger partial charge is 0.257 e. The Balaban J connectivity index is 1.37. The van der Waals surface area contributed by atoms with E-state index in [9.17, 15) is 4.79 Å². The number of carbonyl (C=O) groups excluding carboxylic acids is 1. The first-order valence-electron chi connectivity index (χ1n) is 7.45. The molecule has 5 nitrogen and oxygen atoms in total. The zero-order valence-corrected chi connectivity index (χ0v) is 13.4. The van der Waals surface area contributed by atoms with Gasteiger partial charge in [0, 0.05) is 19.2 Å². The number of nitrogens with one attached hydrogen (secondary N) is 1. The Labute approximate surface area is 138 Å². The lowest BCUT2D eigenvalue weighted by Gasteiger charge is -2.06. The molecule has 0 bridgehead atoms. The Kier molecular flexibility index (Phi) is 5.16. The van der Waals surface area contributed by atoms with E-state index in [2.05, 4.69) is 21.4 Å². The lowest BCUT2D eigenvalue weighted by molar-refractivity contribution is -0.123. The molecule has 1 aromatic carbocycles. The third-order valence-electron chi connectivity index (χ3n) is 3.23. The average Bonchev–Trinajstić information content (AvgIpc) is 3.00. The lowest BCUT2D eigenvalue weighted by Crippen LogP contribution is -2.29. The van der Waals surface area contributed by atoms with Gasteiger partial charge in [0.15, 0.2) is 6.61 Å². The number of para-hydroxylation sites is 1. The maximum absolute atomic E-state index is 11.7. The molecule has 2 aromatic heterocycles. The number of thiazole rings is 1. The van der Waals surface area contributed by atoms with Crippen molar-refractivity contribution in [2.24, 2.45) is 0 Å². The molecule has 0 saturated heterocycles. The number of amides is 1. The Morgan fingerprint density at radius 2 is 2.13 bits per heavy atom. The zero-order valence-electron chi connectivity index (χ0n) is 12.6. The number of aryl methyl sites for hydroxylation is 1. The average molecular weight is 327 g/mol. The van der Waals surface area contributed by atoms with Gasteiger partial charge >= 0.3 is 0 Å². The summed E-state index contributed by atoms with van der Waals surface area (Å²) in [7, 11) is 0. The third kappa shape index (κ3) is 4.50. The van der Waals surface area contributed by atoms with Crippen LogP contribution in [0.1, 0.15) is 11.4 Å². The van der Waals surface area contributed by atoms with Crippen molar-refractivity contribution in [1.29, 1.82) is 0 Å². The molecule has 0 radical (unpaired) electrons. The highest BCUT2D eigenvalue weighted by Gasteiger charge is 2.05. The standard InChI is InChI=1S/C17H17N3O2S/c21-16(12-22-13-5-3-9-18-11-13)19-10-4-8-17-20-14-6-1-2-7-15(14)23-17/h1-3,5-7,9,11H,4,8,10,12H2,(H,19,21). The quantitative estimate of drug-likeness (QED) is 0.678. The fraction of sp³-hybridized carbons (Fsp3) is 0.235. The van der Waals surface area contributed by atoms with E-state index in [0.29, 0.717) is 12.3 Å². The van der Waals surface area contributed by atoms with Crippen LogP contribution in [0.5, 0.6) is 5.75 Å². The molecular weight excluding hydrogens is 310 g/mol. The maximum Gasteiger partial charge on any atom is 0.257 e. The number of hydrogen-bond acceptors (Lipinski definition) is 5. The first-order valence-corrected chi connectivity index (χ1v) is 8.27. The van der Waals surface area contributed by atoms with Gasteiger partial charge in [0.1, 0.15) is 5.75 Å². The second-order valence-corrected chi connectivity index (χ2v) is 6.12. The molecule has 1 N–H and O–H groups in total. The van der Waals surface area contributed by atoms with Gasteiger partial charge in [-0.1, -0.05) is 12.1 Å². The number of benzene rings is 1. The molecule has 0 saturated carbocycles. The summed E-state index contributed by atoms with van der Waals surface area (Å²) in [5, 5.41) is 3.95. The number of pyridine rings is 1. The molecule has 1 amide bonds. The van der Waals surface area contributed by atoms with Crippen LogP contribution in [0.25, 0.3) is 10.2 Å². The molecule has 2 heterocycles. The molecule has 0 unspecified atom stereocenters. The van der Waals surface area contributed by atoms with Crippen molar-refractivity contribution in [3.63, 3.8) is 0 Å². The second-order valence-electron chi connectivity index (χ2n) is 5.01. The summed E-state index contributed by atoms with van der Waals surface area (Å²) in [4.78, 5) is 20.2. The Morgan fingerprint density at radius 3 is 2.96 bits per heavy atom. The van der Waals surface area contributed by atoms with Gasteiger partial charge in [0.25, 0.3) is 5.91 Å². The van der Waals surface area contributed by atoms with Crippen molar-refractivity contribution in [1.82, 2.24) is 15.3 Å². The minimum atomic E-state index is -0.127. The van der Waals surface area contributed by atoms with Crippen molar-refractivity contribution < 1.29 is 9.53 Å². The van der Waals surface area contributed by atoms with Crippen molar-refractivity contribution in [3.8, 4) is 5.75 Å². The van der Waals surface area contributed by atoms with E-state index in [0.717, 1.165) is 23.4 Å². The van der Waals surface area contributed by atoms with Crippen molar-refractivity contribution in [3.05, 3.63) is 53.8 Å². The van der Waals surface area contributed by atoms with E-state index in [1.165, 1.54) is 4.70 Å². The summed E-state index contributed by atoms with van der Waals surface area (Å²) in [6.07, 6.45) is 4.97. The van der Waals surface area contributed by atoms with Gasteiger partial charge in [-0.25, -0.2) is 4.98 Å². The molecule has 0 aliphatic heterocycles. The Morgan fingerprint density at radius 1 is 1.22 bits per heavy atom. The normalized spacial score (nSPS) is 10.6. The highest BCUT2D eigenvalue weighted by atomic mass is 32.1. The Bertz CT molecular complexity index is 741. The van der Waals surface area contributed by atoms with Gasteiger partial charge in [-0.2, -0.15) is 0 Å². The molecular formula is C17H17N3O2S. The molecule has 0 atom stereocenters. The van der Waals surface area contributed by atoms with E-state index in [1.54, 1.807) is 35.9 Å². The predicted molar refractivity (Wildman–Crippen MR) is 90.7 cm³/mol. The number of hydrogen-bond donors (Lipinski definition) is 1. The molecule has 0 aliphatic carbocycles. The summed E-state index contributed by atoms with van der Waals surface area (Å²) in [5.41, 5.74) is 1.04. The van der Waals surface area contributed by atoms with E-state index >= 15 is 0 Å². The summed E-state index contributed by atoms with van der Waals surface area (Å²) in [6.45, 7) is 0.623. The van der Waals surface area contributed by atoms with E-state index in [-0.39, 0.29) is 12.5 Å². The maximum atomic E-state index is 11.7. The topological polar surface area (TPSA) is 64.1 Å². The van der Waals surface area contributed by atoms with Gasteiger partial charge in [0.2, 0.25) is 0 Å². The minimum Gasteiger partial charge on any atom is -0.482 e. The van der Waals surface area contributed by atoms with Crippen molar-refractivity contribution >= 4 is 27.5 Å². The molecule has 0 fully saturated rings. The SMILES string of the molecule is O=C(COc1cccnc1)NCCCc1nc2ccccc2s1. The van der Waals surface area contributed by atoms with Crippen LogP contribution in [-0.4, -0.2) is 29.0 Å². The van der Waals surface area contributed by atoms with Crippen LogP contribution in [0, 0.1) is 0 Å². The van der Waals surface area contributed by atoms with Crippen LogP contribution < -0.4 is 10.1 Å². The van der Waals surface area contributed by atoms with Crippen LogP contribution in [-0.2, 0) is 11.2 Å². The number of aromatic nitrogens is 2. The van der Waals surface area contributed by atoms with Crippen molar-refractivity contribution in [2.45, 2.75) is 12.8 Å². The number of ether oxygens (including phenoxy) is 1. The number of rotatable bonds is 7. The first kappa shape index (κ1) is 15.4. The van der Waals surface area contributed by atoms with Crippen LogP contribution in [0.15, 0.2) is 48.8 Å². The third-order valence-corrected chi connectivity index (χ3v) is 4.33. The summed E-state index contributed by atoms with van der Waals surface area (Å²) in [5.74, 6) is 0.468. The molecule has 3 aromatic rings. The summed E-state index contributed by atoms with van der Waals surface area (Å²) in [6, 6.07) is 11.7. The summed E-state index contributed by atoms with van der Waals surface area (Å²) < 4.78 is 6.54. The van der Waals surface area contributed by atoms with Gasteiger partial charge in [-0.3, -0.25) is 9.78 Å². The van der Waals surface area contributed by atoms with E-state index in [1.807, 2.05) is 18.2 Å². The molecule has 0 aliphatic rings. The first-order chi connectivity index (χ1) is 11.3. The molecule has 6 heteroatoms. The number of fused-ring (bicyclic) bond motifs is 1. The second kappa shape index (κ2) is 7.69. The molecule has 3 rings (SSSR count). The van der Waals surface area contributed by atoms with Crippen LogP contribution in [0.2, 0.25) is 0 Å². The molecule has 118 valence electrons. The van der Waals surface area contributed by atoms with Crippen molar-refractivity contribution in [2.75, 3.05) is 13.2 Å². The zero-order chi connectivity index (χ0) is 15.9.